The maximum absolute atomic E-state index is 12.6. The van der Waals surface area contributed by atoms with Crippen LogP contribution in [-0.4, -0.2) is 73.1 Å². The Bertz CT molecular complexity index is 1330. The summed E-state index contributed by atoms with van der Waals surface area (Å²) in [5.41, 5.74) is 3.63. The van der Waals surface area contributed by atoms with Crippen LogP contribution in [0, 0.1) is 0 Å². The van der Waals surface area contributed by atoms with Gasteiger partial charge < -0.3 is 25.5 Å². The zero-order valence-corrected chi connectivity index (χ0v) is 21.7. The maximum atomic E-state index is 12.6. The van der Waals surface area contributed by atoms with E-state index in [0.29, 0.717) is 22.4 Å². The van der Waals surface area contributed by atoms with Gasteiger partial charge in [0.05, 0.1) is 5.57 Å². The highest BCUT2D eigenvalue weighted by Crippen LogP contribution is 2.28. The highest BCUT2D eigenvalue weighted by molar-refractivity contribution is 6.31. The van der Waals surface area contributed by atoms with Crippen molar-refractivity contribution in [2.75, 3.05) is 48.8 Å². The van der Waals surface area contributed by atoms with Gasteiger partial charge >= 0.3 is 12.1 Å². The number of anilines is 3. The lowest BCUT2D eigenvalue weighted by Gasteiger charge is -2.34. The van der Waals surface area contributed by atoms with E-state index in [0.717, 1.165) is 37.6 Å². The Morgan fingerprint density at radius 3 is 2.12 bits per heavy atom. The number of hydrogen-bond acceptors (Lipinski definition) is 7. The van der Waals surface area contributed by atoms with E-state index in [1.807, 2.05) is 12.1 Å². The molecule has 1 fully saturated rings. The molecule has 0 bridgehead atoms. The second kappa shape index (κ2) is 12.9. The number of carboxylic acids is 1. The topological polar surface area (TPSA) is 131 Å². The van der Waals surface area contributed by atoms with Crippen molar-refractivity contribution in [2.24, 2.45) is 0 Å². The van der Waals surface area contributed by atoms with E-state index in [1.165, 1.54) is 6.08 Å². The summed E-state index contributed by atoms with van der Waals surface area (Å²) >= 11 is 0. The minimum atomic E-state index is -5.08. The van der Waals surface area contributed by atoms with Crippen molar-refractivity contribution in [3.63, 3.8) is 0 Å². The normalized spacial score (nSPS) is 16.6. The fourth-order valence-electron chi connectivity index (χ4n) is 3.87. The van der Waals surface area contributed by atoms with E-state index < -0.39 is 24.0 Å². The summed E-state index contributed by atoms with van der Waals surface area (Å²) in [6, 6.07) is 12.9. The van der Waals surface area contributed by atoms with E-state index in [9.17, 15) is 27.6 Å². The Labute approximate surface area is 228 Å². The molecule has 2 aromatic carbocycles. The van der Waals surface area contributed by atoms with E-state index in [1.54, 1.807) is 37.4 Å². The highest BCUT2D eigenvalue weighted by atomic mass is 19.4. The number of hydrogen-bond donors (Lipinski definition) is 4. The predicted octanol–water partition coefficient (Wildman–Crippen LogP) is 3.31. The number of carbonyl (C=O) groups is 4. The van der Waals surface area contributed by atoms with Crippen molar-refractivity contribution in [3.05, 3.63) is 71.9 Å². The van der Waals surface area contributed by atoms with Crippen LogP contribution in [0.15, 0.2) is 60.8 Å². The molecule has 2 heterocycles. The monoisotopic (exact) mass is 559 g/mol. The van der Waals surface area contributed by atoms with Gasteiger partial charge in [-0.25, -0.2) is 4.79 Å². The molecule has 0 unspecified atom stereocenters. The summed E-state index contributed by atoms with van der Waals surface area (Å²) in [5, 5.41) is 15.4. The molecule has 2 aromatic rings. The average molecular weight is 560 g/mol. The Morgan fingerprint density at radius 2 is 1.55 bits per heavy atom. The standard InChI is InChI=1S/C25H27N5O3.C2HF3O2/c1-3-4-23(31)27-18-7-10-20-21(15-18)22(25(33)28-24(20)32)16-26-17-5-8-19(9-6-17)30-13-11-29(2)12-14-30;3-2(4,5)1(6)7/h3-10,15-16,26H,11-14H2,1-2H3,(H,27,31)(H,28,32,33);(H,6,7). The van der Waals surface area contributed by atoms with E-state index in [4.69, 9.17) is 9.90 Å². The Kier molecular flexibility index (Phi) is 9.67. The fraction of sp³-hybridized carbons (Fsp3) is 0.259. The number of likely N-dealkylation sites (N-methyl/N-ethyl adjacent to an activating group) is 1. The molecule has 0 spiro atoms. The van der Waals surface area contributed by atoms with Crippen LogP contribution in [0.2, 0.25) is 0 Å². The molecule has 212 valence electrons. The van der Waals surface area contributed by atoms with Crippen LogP contribution in [0.3, 0.4) is 0 Å². The first-order valence-corrected chi connectivity index (χ1v) is 12.1. The van der Waals surface area contributed by atoms with Crippen molar-refractivity contribution in [3.8, 4) is 0 Å². The lowest BCUT2D eigenvalue weighted by atomic mass is 9.95. The molecule has 1 saturated heterocycles. The van der Waals surface area contributed by atoms with Crippen molar-refractivity contribution in [1.82, 2.24) is 10.2 Å². The van der Waals surface area contributed by atoms with Gasteiger partial charge in [0, 0.05) is 60.6 Å². The van der Waals surface area contributed by atoms with Crippen LogP contribution in [0.25, 0.3) is 5.57 Å². The molecule has 2 aliphatic heterocycles. The van der Waals surface area contributed by atoms with Gasteiger partial charge in [-0.1, -0.05) is 6.08 Å². The van der Waals surface area contributed by atoms with Crippen molar-refractivity contribution in [2.45, 2.75) is 13.1 Å². The number of halogens is 3. The van der Waals surface area contributed by atoms with Crippen molar-refractivity contribution < 1.29 is 37.5 Å². The predicted molar refractivity (Wildman–Crippen MR) is 144 cm³/mol. The second-order valence-electron chi connectivity index (χ2n) is 8.88. The van der Waals surface area contributed by atoms with E-state index in [-0.39, 0.29) is 5.91 Å². The first-order chi connectivity index (χ1) is 18.9. The molecule has 0 radical (unpaired) electrons. The molecule has 3 amide bonds. The minimum absolute atomic E-state index is 0.284. The molecule has 13 heteroatoms. The number of nitrogens with one attached hydrogen (secondary N) is 3. The summed E-state index contributed by atoms with van der Waals surface area (Å²) in [6.45, 7) is 5.81. The number of allylic oxidation sites excluding steroid dienone is 1. The molecule has 10 nitrogen and oxygen atoms in total. The number of rotatable bonds is 5. The van der Waals surface area contributed by atoms with Crippen LogP contribution in [0.4, 0.5) is 30.2 Å². The number of benzene rings is 2. The second-order valence-corrected chi connectivity index (χ2v) is 8.88. The van der Waals surface area contributed by atoms with Crippen LogP contribution >= 0.6 is 0 Å². The molecule has 4 N–H and O–H groups in total. The van der Waals surface area contributed by atoms with Crippen LogP contribution in [0.1, 0.15) is 22.8 Å². The van der Waals surface area contributed by atoms with E-state index >= 15 is 0 Å². The summed E-state index contributed by atoms with van der Waals surface area (Å²) in [4.78, 5) is 50.3. The number of carbonyl (C=O) groups excluding carboxylic acids is 3. The molecular formula is C27H28F3N5O5. The van der Waals surface area contributed by atoms with Crippen LogP contribution < -0.4 is 20.9 Å². The van der Waals surface area contributed by atoms with Gasteiger partial charge in [-0.15, -0.1) is 0 Å². The summed E-state index contributed by atoms with van der Waals surface area (Å²) in [6.07, 6.45) is -0.459. The largest absolute Gasteiger partial charge is 0.490 e. The number of alkyl halides is 3. The van der Waals surface area contributed by atoms with Crippen molar-refractivity contribution in [1.29, 1.82) is 0 Å². The van der Waals surface area contributed by atoms with Gasteiger partial charge in [0.25, 0.3) is 11.8 Å². The Balaban J connectivity index is 0.000000559. The SMILES string of the molecule is CC=CC(=O)Nc1ccc2c(c1)C(=CNc1ccc(N3CCN(C)CC3)cc1)C(=O)NC2=O.O=C(O)C(F)(F)F. The maximum Gasteiger partial charge on any atom is 0.490 e. The third-order valence-electron chi connectivity index (χ3n) is 5.97. The number of nitrogens with zero attached hydrogens (tertiary/aromatic N) is 2. The summed E-state index contributed by atoms with van der Waals surface area (Å²) in [7, 11) is 2.13. The van der Waals surface area contributed by atoms with Gasteiger partial charge in [0.15, 0.2) is 0 Å². The van der Waals surface area contributed by atoms with Gasteiger partial charge in [-0.2, -0.15) is 13.2 Å². The number of imide groups is 1. The van der Waals surface area contributed by atoms with Gasteiger partial charge in [-0.05, 0) is 62.5 Å². The summed E-state index contributed by atoms with van der Waals surface area (Å²) in [5.74, 6) is -4.00. The van der Waals surface area contributed by atoms with Gasteiger partial charge in [-0.3, -0.25) is 19.7 Å². The van der Waals surface area contributed by atoms with Crippen LogP contribution in [0.5, 0.6) is 0 Å². The molecule has 40 heavy (non-hydrogen) atoms. The third kappa shape index (κ3) is 7.93. The third-order valence-corrected chi connectivity index (χ3v) is 5.97. The van der Waals surface area contributed by atoms with Gasteiger partial charge in [0.2, 0.25) is 5.91 Å². The molecule has 0 aliphatic carbocycles. The van der Waals surface area contributed by atoms with E-state index in [2.05, 4.69) is 44.9 Å². The number of amides is 3. The number of piperazine rings is 1. The number of fused-ring (bicyclic) bond motifs is 1. The number of carboxylic acid groups (broad SMARTS) is 1. The molecule has 4 rings (SSSR count). The molecular weight excluding hydrogens is 531 g/mol. The zero-order chi connectivity index (χ0) is 29.4. The molecule has 0 saturated carbocycles. The first-order valence-electron chi connectivity index (χ1n) is 12.1. The Hall–Kier alpha value is -4.65. The lowest BCUT2D eigenvalue weighted by Crippen LogP contribution is -2.44. The molecule has 0 atom stereocenters. The molecule has 0 aromatic heterocycles. The molecule has 2 aliphatic rings. The zero-order valence-electron chi connectivity index (χ0n) is 21.7. The van der Waals surface area contributed by atoms with Gasteiger partial charge in [0.1, 0.15) is 0 Å². The van der Waals surface area contributed by atoms with Crippen molar-refractivity contribution >= 4 is 46.3 Å². The minimum Gasteiger partial charge on any atom is -0.475 e. The smallest absolute Gasteiger partial charge is 0.475 e. The fourth-order valence-corrected chi connectivity index (χ4v) is 3.87. The highest BCUT2D eigenvalue weighted by Gasteiger charge is 2.38. The lowest BCUT2D eigenvalue weighted by molar-refractivity contribution is -0.192. The van der Waals surface area contributed by atoms with Crippen LogP contribution in [-0.2, 0) is 14.4 Å². The average Bonchev–Trinajstić information content (AvgIpc) is 2.89. The Morgan fingerprint density at radius 1 is 0.950 bits per heavy atom. The number of aliphatic carboxylic acids is 1. The first kappa shape index (κ1) is 29.9. The summed E-state index contributed by atoms with van der Waals surface area (Å²) < 4.78 is 31.7. The quantitative estimate of drug-likeness (QED) is 0.324.